The molecule has 4 fully saturated rings. The third-order valence-corrected chi connectivity index (χ3v) is 28.1. The molecule has 0 heterocycles. The summed E-state index contributed by atoms with van der Waals surface area (Å²) < 4.78 is 172. The van der Waals surface area contributed by atoms with Crippen molar-refractivity contribution >= 4 is 57.5 Å². The molecule has 0 bridgehead atoms. The van der Waals surface area contributed by atoms with Gasteiger partial charge in [0.25, 0.3) is 0 Å². The van der Waals surface area contributed by atoms with Gasteiger partial charge < -0.3 is 50.8 Å². The van der Waals surface area contributed by atoms with Crippen molar-refractivity contribution in [2.45, 2.75) is 269 Å². The first-order valence-corrected chi connectivity index (χ1v) is 43.6. The van der Waals surface area contributed by atoms with E-state index in [4.69, 9.17) is 14.2 Å². The normalized spacial score (nSPS) is 25.9. The minimum absolute atomic E-state index is 0.0560. The van der Waals surface area contributed by atoms with Gasteiger partial charge in [0.15, 0.2) is 0 Å². The van der Waals surface area contributed by atoms with Gasteiger partial charge in [0.05, 0.1) is 12.2 Å². The van der Waals surface area contributed by atoms with Gasteiger partial charge in [0.2, 0.25) is 11.8 Å². The predicted octanol–water partition coefficient (Wildman–Crippen LogP) is 16.4. The average molecular weight is 1680 g/mol. The van der Waals surface area contributed by atoms with E-state index in [2.05, 4.69) is 35.1 Å². The number of halogens is 10. The number of hydrogen-bond donors (Lipinski definition) is 7. The number of amides is 4. The predicted molar refractivity (Wildman–Crippen MR) is 420 cm³/mol. The summed E-state index contributed by atoms with van der Waals surface area (Å²) in [7, 11) is -3.12. The Kier molecular flexibility index (Phi) is 31.1. The number of aliphatic carboxylic acids is 1. The first kappa shape index (κ1) is 92.7. The van der Waals surface area contributed by atoms with E-state index in [9.17, 15) is 96.4 Å². The smallest absolute Gasteiger partial charge is 0.453 e. The zero-order chi connectivity index (χ0) is 85.2. The minimum Gasteiger partial charge on any atom is -0.480 e. The van der Waals surface area contributed by atoms with E-state index in [0.717, 1.165) is 71.9 Å². The summed E-state index contributed by atoms with van der Waals surface area (Å²) >= 11 is 0. The number of benzene rings is 4. The Morgan fingerprint density at radius 2 is 0.879 bits per heavy atom. The Labute approximate surface area is 677 Å². The van der Waals surface area contributed by atoms with Crippen molar-refractivity contribution < 1.29 is 111 Å². The van der Waals surface area contributed by atoms with Gasteiger partial charge in [-0.3, -0.25) is 18.0 Å². The number of alkyl halides is 10. The summed E-state index contributed by atoms with van der Waals surface area (Å²) in [5.41, 5.74) is 4.51. The van der Waals surface area contributed by atoms with Crippen molar-refractivity contribution in [1.29, 1.82) is 0 Å². The van der Waals surface area contributed by atoms with Crippen molar-refractivity contribution in [2.24, 2.45) is 58.2 Å². The Balaban J connectivity index is 0.000000266. The zero-order valence-electron chi connectivity index (χ0n) is 67.4. The number of esters is 1. The molecule has 0 aliphatic heterocycles. The second kappa shape index (κ2) is 38.9. The van der Waals surface area contributed by atoms with E-state index in [1.54, 1.807) is 97.0 Å². The van der Waals surface area contributed by atoms with Crippen LogP contribution in [-0.4, -0.2) is 149 Å². The van der Waals surface area contributed by atoms with Crippen LogP contribution in [0.3, 0.4) is 0 Å². The van der Waals surface area contributed by atoms with Gasteiger partial charge in [-0.15, -0.1) is 0 Å². The molecule has 18 atom stereocenters. The number of carbonyl (C=O) groups is 6. The van der Waals surface area contributed by atoms with Crippen molar-refractivity contribution in [2.75, 3.05) is 23.0 Å². The van der Waals surface area contributed by atoms with Gasteiger partial charge in [-0.25, -0.2) is 19.2 Å². The lowest BCUT2D eigenvalue weighted by molar-refractivity contribution is -0.284. The van der Waals surface area contributed by atoms with Gasteiger partial charge in [0.1, 0.15) is 41.3 Å². The molecule has 0 spiro atoms. The van der Waals surface area contributed by atoms with E-state index >= 15 is 0 Å². The molecule has 6 aliphatic rings. The monoisotopic (exact) mass is 1680 g/mol. The lowest BCUT2D eigenvalue weighted by atomic mass is 9.52. The lowest BCUT2D eigenvalue weighted by Gasteiger charge is -2.53. The van der Waals surface area contributed by atoms with Crippen LogP contribution in [0, 0.1) is 58.2 Å². The van der Waals surface area contributed by atoms with E-state index in [0.29, 0.717) is 51.4 Å². The van der Waals surface area contributed by atoms with Crippen LogP contribution in [0.5, 0.6) is 11.5 Å². The molecule has 644 valence electrons. The maximum Gasteiger partial charge on any atom is 0.453 e. The first-order chi connectivity index (χ1) is 54.3. The Morgan fingerprint density at radius 1 is 0.509 bits per heavy atom. The minimum atomic E-state index is -5.64. The zero-order valence-corrected chi connectivity index (χ0v) is 69.0. The summed E-state index contributed by atoms with van der Waals surface area (Å²) in [6, 6.07) is 24.7. The fourth-order valence-electron chi connectivity index (χ4n) is 19.2. The molecule has 0 aromatic heterocycles. The van der Waals surface area contributed by atoms with Crippen molar-refractivity contribution in [1.82, 2.24) is 21.3 Å². The van der Waals surface area contributed by atoms with Crippen LogP contribution in [0.25, 0.3) is 0 Å². The summed E-state index contributed by atoms with van der Waals surface area (Å²) in [6.07, 6.45) is -7.36. The molecule has 0 saturated heterocycles. The van der Waals surface area contributed by atoms with Gasteiger partial charge >= 0.3 is 48.3 Å². The number of carboxylic acid groups (broad SMARTS) is 1. The highest BCUT2D eigenvalue weighted by atomic mass is 32.2. The standard InChI is InChI=1S/C45H61F5N2O7S.C41H53F5N2O7S/c1-27(2)38(39(54)51-35(40(55)59-42(3,4)5)24-28-12-8-7-9-13-28)52-41(56)58-31-15-16-32-30(26-31)25-29(37-33(32)19-21-43(6)34(37)17-18-36(43)53)14-10-22-60(57)23-11-20-44(46,47)45(48,49)50;1-24(2)35(36(50)47-32(37(51)52)21-25-9-5-4-6-10-25)48-38(53)55-28-12-13-29-27(23-28)22-26(34-30(29)16-18-39(3)31(34)14-15-33(39)49)11-7-19-56(54)20-8-17-40(42,43)41(44,45)46/h7-9,12-13,15-16,26-27,29,33-38,53H,10-11,14,17-25H2,1-6H3,(H,51,54)(H,52,56);4-6,9-10,12-13,23-24,26,30-35,49H,7-8,11,14-22H2,1-3H3,(H,47,50)(H,48,53)(H,51,52)/t29-,33-,34+,35+,36+,37-,38+,43+,60?;26-,30-,31+,32+,33+,34-,35+,39+,56?/m11/s1. The number of carbonyl (C=O) groups excluding carboxylic acids is 5. The van der Waals surface area contributed by atoms with E-state index < -0.39 is 155 Å². The Morgan fingerprint density at radius 3 is 1.24 bits per heavy atom. The largest absolute Gasteiger partial charge is 0.480 e. The lowest BCUT2D eigenvalue weighted by Crippen LogP contribution is -2.55. The van der Waals surface area contributed by atoms with Gasteiger partial charge in [-0.05, 0) is 251 Å². The van der Waals surface area contributed by atoms with Gasteiger partial charge in [-0.1, -0.05) is 114 Å². The highest BCUT2D eigenvalue weighted by molar-refractivity contribution is 7.85. The molecule has 116 heavy (non-hydrogen) atoms. The summed E-state index contributed by atoms with van der Waals surface area (Å²) in [5, 5.41) is 42.4. The second-order valence-corrected chi connectivity index (χ2v) is 38.4. The Hall–Kier alpha value is -7.18. The molecule has 18 nitrogen and oxygen atoms in total. The van der Waals surface area contributed by atoms with Gasteiger partial charge in [0, 0.05) is 70.3 Å². The van der Waals surface area contributed by atoms with Crippen LogP contribution in [0.15, 0.2) is 97.1 Å². The molecular weight excluding hydrogens is 1570 g/mol. The number of nitrogens with one attached hydrogen (secondary N) is 4. The number of fused-ring (bicyclic) bond motifs is 10. The summed E-state index contributed by atoms with van der Waals surface area (Å²) in [5.74, 6) is -11.6. The third-order valence-electron chi connectivity index (χ3n) is 25.1. The van der Waals surface area contributed by atoms with Crippen LogP contribution in [0.2, 0.25) is 0 Å². The first-order valence-electron chi connectivity index (χ1n) is 40.6. The van der Waals surface area contributed by atoms with Crippen LogP contribution in [0.1, 0.15) is 210 Å². The number of aliphatic hydroxyl groups is 2. The molecule has 7 N–H and O–H groups in total. The van der Waals surface area contributed by atoms with Crippen molar-refractivity contribution in [3.05, 3.63) is 130 Å². The molecule has 4 aromatic carbocycles. The fraction of sp³-hybridized carbons (Fsp3) is 0.651. The van der Waals surface area contributed by atoms with Crippen LogP contribution in [-0.2, 0) is 71.2 Å². The number of carboxylic acids is 1. The molecule has 4 saturated carbocycles. The number of aliphatic hydroxyl groups excluding tert-OH is 2. The topological polar surface area (TPSA) is 273 Å². The molecule has 30 heteroatoms. The van der Waals surface area contributed by atoms with Crippen LogP contribution < -0.4 is 30.7 Å². The molecule has 2 unspecified atom stereocenters. The maximum absolute atomic E-state index is 13.7. The quantitative estimate of drug-likeness (QED) is 0.0177. The third kappa shape index (κ3) is 23.5. The average Bonchev–Trinajstić information content (AvgIpc) is 1.45. The molecule has 10 rings (SSSR count). The number of hydrogen-bond acceptors (Lipinski definition) is 13. The van der Waals surface area contributed by atoms with Crippen LogP contribution in [0.4, 0.5) is 53.5 Å². The highest BCUT2D eigenvalue weighted by Crippen LogP contribution is 2.65. The second-order valence-electron chi connectivity index (χ2n) is 35.0. The molecular formula is C86H114F10N4O14S2. The van der Waals surface area contributed by atoms with E-state index in [1.807, 2.05) is 48.5 Å². The molecule has 0 radical (unpaired) electrons. The van der Waals surface area contributed by atoms with E-state index in [-0.39, 0.29) is 111 Å². The van der Waals surface area contributed by atoms with E-state index in [1.165, 1.54) is 0 Å². The van der Waals surface area contributed by atoms with Crippen molar-refractivity contribution in [3.63, 3.8) is 0 Å². The molecule has 4 aromatic rings. The number of ether oxygens (including phenoxy) is 3. The Bertz CT molecular complexity index is 4080. The number of rotatable bonds is 32. The summed E-state index contributed by atoms with van der Waals surface area (Å²) in [4.78, 5) is 78.8. The van der Waals surface area contributed by atoms with Crippen molar-refractivity contribution in [3.8, 4) is 11.5 Å². The fourth-order valence-corrected chi connectivity index (χ4v) is 21.5. The molecule has 4 amide bonds. The summed E-state index contributed by atoms with van der Waals surface area (Å²) in [6.45, 7) is 16.5. The van der Waals surface area contributed by atoms with Gasteiger partial charge in [-0.2, -0.15) is 43.9 Å². The molecule has 6 aliphatic carbocycles. The SMILES string of the molecule is CC(C)[C@H](NC(=O)Oc1ccc2c(c1)C[C@@H](CCCS(=O)CCCC(F)(F)C(F)(F)F)[C@@H]1[C@@H]2CC[C@]2(C)[C@@H](O)CC[C@@H]12)C(=O)N[C@@H](Cc1ccccc1)C(=O)O.CC(C)[C@H](NC(=O)Oc1ccc2c(c1)C[C@@H](CCCS(=O)CCCC(F)(F)C(F)(F)F)[C@@H]1[C@@H]2CC[C@]2(C)[C@@H](O)CC[C@@H]12)C(=O)N[C@@H](Cc1ccccc1)C(=O)OC(C)(C)C. The maximum atomic E-state index is 13.7. The van der Waals surface area contributed by atoms with Crippen LogP contribution >= 0.6 is 0 Å². The highest BCUT2D eigenvalue weighted by Gasteiger charge is 2.60.